The fraction of sp³-hybridized carbons (Fsp3) is 0.300. The molecule has 0 saturated carbocycles. The van der Waals surface area contributed by atoms with Crippen molar-refractivity contribution in [2.75, 3.05) is 0 Å². The van der Waals surface area contributed by atoms with Crippen molar-refractivity contribution in [3.63, 3.8) is 0 Å². The maximum atomic E-state index is 10.4. The maximum Gasteiger partial charge on any atom is 1.00 e. The summed E-state index contributed by atoms with van der Waals surface area (Å²) in [5.41, 5.74) is 0.726. The van der Waals surface area contributed by atoms with Crippen LogP contribution in [0.25, 0.3) is 0 Å². The molecule has 1 aromatic carbocycles. The van der Waals surface area contributed by atoms with Gasteiger partial charge in [0, 0.05) is 6.42 Å². The summed E-state index contributed by atoms with van der Waals surface area (Å²) in [5, 5.41) is 8.51. The van der Waals surface area contributed by atoms with Crippen LogP contribution < -0.4 is 29.6 Å². The van der Waals surface area contributed by atoms with E-state index in [4.69, 9.17) is 28.3 Å². The Morgan fingerprint density at radius 1 is 1.33 bits per heavy atom. The molecule has 1 rings (SSSR count). The summed E-state index contributed by atoms with van der Waals surface area (Å²) in [4.78, 5) is 10.4. The predicted molar refractivity (Wildman–Crippen MR) is 57.8 cm³/mol. The Hall–Kier alpha value is 0.270. The van der Waals surface area contributed by atoms with Crippen LogP contribution in [-0.4, -0.2) is 11.1 Å². The molecule has 0 aromatic heterocycles. The number of alkyl halides is 2. The van der Waals surface area contributed by atoms with Crippen molar-refractivity contribution in [3.05, 3.63) is 35.9 Å². The summed E-state index contributed by atoms with van der Waals surface area (Å²) in [7, 11) is 0. The average molecular weight is 257 g/mol. The minimum absolute atomic E-state index is 0. The zero-order chi connectivity index (χ0) is 10.6. The topological polar surface area (TPSA) is 37.3 Å². The third-order valence-corrected chi connectivity index (χ3v) is 2.66. The zero-order valence-corrected chi connectivity index (χ0v) is 11.9. The molecule has 0 spiro atoms. The van der Waals surface area contributed by atoms with E-state index in [9.17, 15) is 4.79 Å². The Labute approximate surface area is 122 Å². The fourth-order valence-corrected chi connectivity index (χ4v) is 1.53. The van der Waals surface area contributed by atoms with E-state index < -0.39 is 10.3 Å². The van der Waals surface area contributed by atoms with Crippen molar-refractivity contribution in [2.24, 2.45) is 0 Å². The second-order valence-corrected chi connectivity index (χ2v) is 4.45. The van der Waals surface area contributed by atoms with Gasteiger partial charge in [-0.25, -0.2) is 0 Å². The first-order chi connectivity index (χ1) is 6.52. The molecule has 0 unspecified atom stereocenters. The van der Waals surface area contributed by atoms with Gasteiger partial charge in [0.1, 0.15) is 4.33 Å². The summed E-state index contributed by atoms with van der Waals surface area (Å²) in [5.74, 6) is -0.897. The van der Waals surface area contributed by atoms with Crippen LogP contribution in [0.2, 0.25) is 0 Å². The van der Waals surface area contributed by atoms with E-state index in [0.717, 1.165) is 5.56 Å². The van der Waals surface area contributed by atoms with Gasteiger partial charge in [0.05, 0.1) is 0 Å². The Bertz CT molecular complexity index is 320. The summed E-state index contributed by atoms with van der Waals surface area (Å²) < 4.78 is -1.11. The monoisotopic (exact) mass is 256 g/mol. The first-order valence-electron chi connectivity index (χ1n) is 4.17. The van der Waals surface area contributed by atoms with E-state index in [-0.39, 0.29) is 43.8 Å². The maximum absolute atomic E-state index is 10.4. The molecule has 78 valence electrons. The Morgan fingerprint density at radius 3 is 2.33 bits per heavy atom. The van der Waals surface area contributed by atoms with Crippen molar-refractivity contribution in [1.82, 2.24) is 0 Å². The number of benzene rings is 1. The quantitative estimate of drug-likeness (QED) is 0.622. The van der Waals surface area contributed by atoms with E-state index >= 15 is 0 Å². The Balaban J connectivity index is 0. The van der Waals surface area contributed by atoms with Gasteiger partial charge in [-0.15, -0.1) is 0 Å². The standard InChI is InChI=1S/C10H10Cl2O2.Na.H/c11-10(12,7-6-9(13)14)8-4-2-1-3-5-8;;/h1-5H,6-7H2,(H,13,14);;/q;+1;-1. The first-order valence-corrected chi connectivity index (χ1v) is 4.93. The third kappa shape index (κ3) is 5.23. The van der Waals surface area contributed by atoms with Gasteiger partial charge in [0.15, 0.2) is 0 Å². The fourth-order valence-electron chi connectivity index (χ4n) is 1.09. The van der Waals surface area contributed by atoms with E-state index in [1.165, 1.54) is 0 Å². The number of carboxylic acid groups (broad SMARTS) is 1. The molecule has 0 aliphatic carbocycles. The van der Waals surface area contributed by atoms with Gasteiger partial charge in [-0.2, -0.15) is 0 Å². The second kappa shape index (κ2) is 6.77. The molecule has 0 heterocycles. The number of carboxylic acids is 1. The van der Waals surface area contributed by atoms with Crippen LogP contribution in [0.5, 0.6) is 0 Å². The molecule has 0 aliphatic heterocycles. The van der Waals surface area contributed by atoms with Gasteiger partial charge in [-0.1, -0.05) is 53.5 Å². The molecule has 0 bridgehead atoms. The first kappa shape index (κ1) is 15.3. The van der Waals surface area contributed by atoms with E-state index in [1.807, 2.05) is 18.2 Å². The molecule has 0 atom stereocenters. The van der Waals surface area contributed by atoms with E-state index in [1.54, 1.807) is 12.1 Å². The SMILES string of the molecule is O=C(O)CCC(Cl)(Cl)c1ccccc1.[H-].[Na+]. The minimum Gasteiger partial charge on any atom is -1.00 e. The number of rotatable bonds is 4. The molecule has 0 saturated heterocycles. The van der Waals surface area contributed by atoms with Gasteiger partial charge in [0.2, 0.25) is 0 Å². The summed E-state index contributed by atoms with van der Waals surface area (Å²) >= 11 is 12.0. The van der Waals surface area contributed by atoms with Crippen molar-refractivity contribution >= 4 is 29.2 Å². The Kier molecular flexibility index (Phi) is 6.89. The molecule has 5 heteroatoms. The minimum atomic E-state index is -1.11. The van der Waals surface area contributed by atoms with Crippen LogP contribution >= 0.6 is 23.2 Å². The molecule has 0 fully saturated rings. The number of hydrogen-bond donors (Lipinski definition) is 1. The number of aliphatic carboxylic acids is 1. The number of halogens is 2. The molecule has 1 aromatic rings. The van der Waals surface area contributed by atoms with Crippen LogP contribution in [0.15, 0.2) is 30.3 Å². The summed E-state index contributed by atoms with van der Waals surface area (Å²) in [6, 6.07) is 9.04. The van der Waals surface area contributed by atoms with Gasteiger partial charge in [-0.3, -0.25) is 4.79 Å². The smallest absolute Gasteiger partial charge is 1.00 e. The van der Waals surface area contributed by atoms with Crippen molar-refractivity contribution in [2.45, 2.75) is 17.2 Å². The van der Waals surface area contributed by atoms with E-state index in [2.05, 4.69) is 0 Å². The second-order valence-electron chi connectivity index (χ2n) is 2.96. The van der Waals surface area contributed by atoms with Crippen LogP contribution in [0.1, 0.15) is 19.8 Å². The van der Waals surface area contributed by atoms with Gasteiger partial charge in [0.25, 0.3) is 0 Å². The number of carbonyl (C=O) groups is 1. The number of hydrogen-bond acceptors (Lipinski definition) is 1. The zero-order valence-electron chi connectivity index (χ0n) is 9.41. The molecular formula is C10H11Cl2NaO2. The molecule has 1 N–H and O–H groups in total. The van der Waals surface area contributed by atoms with Gasteiger partial charge >= 0.3 is 35.5 Å². The molecule has 0 amide bonds. The molecular weight excluding hydrogens is 246 g/mol. The normalized spacial score (nSPS) is 10.5. The molecule has 0 aliphatic rings. The third-order valence-electron chi connectivity index (χ3n) is 1.85. The van der Waals surface area contributed by atoms with Crippen LogP contribution in [-0.2, 0) is 9.13 Å². The average Bonchev–Trinajstić information content (AvgIpc) is 2.16. The molecule has 0 radical (unpaired) electrons. The molecule has 2 nitrogen and oxygen atoms in total. The van der Waals surface area contributed by atoms with Crippen molar-refractivity contribution in [1.29, 1.82) is 0 Å². The van der Waals surface area contributed by atoms with Crippen molar-refractivity contribution < 1.29 is 40.9 Å². The summed E-state index contributed by atoms with van der Waals surface area (Å²) in [6.45, 7) is 0. The largest absolute Gasteiger partial charge is 1.00 e. The molecule has 15 heavy (non-hydrogen) atoms. The summed E-state index contributed by atoms with van der Waals surface area (Å²) in [6.07, 6.45) is 0.164. The van der Waals surface area contributed by atoms with Crippen LogP contribution in [0, 0.1) is 0 Å². The van der Waals surface area contributed by atoms with Crippen LogP contribution in [0.3, 0.4) is 0 Å². The Morgan fingerprint density at radius 2 is 1.87 bits per heavy atom. The van der Waals surface area contributed by atoms with Crippen LogP contribution in [0.4, 0.5) is 0 Å². The van der Waals surface area contributed by atoms with E-state index in [0.29, 0.717) is 0 Å². The predicted octanol–water partition coefficient (Wildman–Crippen LogP) is 0.298. The van der Waals surface area contributed by atoms with Gasteiger partial charge < -0.3 is 6.53 Å². The van der Waals surface area contributed by atoms with Crippen molar-refractivity contribution in [3.8, 4) is 0 Å². The van der Waals surface area contributed by atoms with Gasteiger partial charge in [-0.05, 0) is 12.0 Å².